The van der Waals surface area contributed by atoms with E-state index in [1.54, 1.807) is 29.2 Å². The van der Waals surface area contributed by atoms with E-state index >= 15 is 0 Å². The van der Waals surface area contributed by atoms with Crippen molar-refractivity contribution in [3.8, 4) is 5.75 Å². The van der Waals surface area contributed by atoms with Crippen molar-refractivity contribution in [3.05, 3.63) is 62.9 Å². The van der Waals surface area contributed by atoms with Crippen molar-refractivity contribution in [3.63, 3.8) is 0 Å². The first-order chi connectivity index (χ1) is 15.0. The average molecular weight is 463 g/mol. The van der Waals surface area contributed by atoms with Gasteiger partial charge in [0.2, 0.25) is 0 Å². The van der Waals surface area contributed by atoms with Crippen molar-refractivity contribution in [2.75, 3.05) is 26.2 Å². The summed E-state index contributed by atoms with van der Waals surface area (Å²) in [5.41, 5.74) is 2.35. The molecule has 0 spiro atoms. The molecule has 0 unspecified atom stereocenters. The van der Waals surface area contributed by atoms with Crippen LogP contribution in [0.5, 0.6) is 5.75 Å². The van der Waals surface area contributed by atoms with Crippen LogP contribution in [0.3, 0.4) is 0 Å². The number of rotatable bonds is 6. The van der Waals surface area contributed by atoms with Crippen LogP contribution in [-0.2, 0) is 6.54 Å². The fourth-order valence-electron chi connectivity index (χ4n) is 4.55. The summed E-state index contributed by atoms with van der Waals surface area (Å²) >= 11 is 12.1. The fraction of sp³-hybridized carbons (Fsp3) is 0.458. The first-order valence-electron chi connectivity index (χ1n) is 10.9. The highest BCUT2D eigenvalue weighted by Gasteiger charge is 2.33. The van der Waals surface area contributed by atoms with Crippen LogP contribution in [0.25, 0.3) is 0 Å². The molecule has 0 aromatic heterocycles. The molecular weight excluding hydrogens is 438 g/mol. The predicted molar refractivity (Wildman–Crippen MR) is 120 cm³/mol. The number of carbonyl (C=O) groups excluding carboxylic acids is 1. The minimum atomic E-state index is -0.404. The summed E-state index contributed by atoms with van der Waals surface area (Å²) in [7, 11) is 0. The number of carbonyl (C=O) groups is 1. The Labute approximate surface area is 191 Å². The number of hydrogen-bond donors (Lipinski definition) is 0. The standard InChI is InChI=1S/C24H25Cl2FN2O2/c25-17-8-18(26)10-19(9-17)31-20-13-28(14-20)12-16-7-23(27)22(11-21(16)15-3-4-15)24(30)29-5-1-2-6-29/h7-11,15,20H,1-6,12-14H2. The molecule has 1 amide bonds. The monoisotopic (exact) mass is 462 g/mol. The molecule has 2 aromatic carbocycles. The van der Waals surface area contributed by atoms with Crippen molar-refractivity contribution in [1.29, 1.82) is 0 Å². The third kappa shape index (κ3) is 4.69. The molecule has 7 heteroatoms. The maximum absolute atomic E-state index is 14.9. The number of likely N-dealkylation sites (tertiary alicyclic amines) is 2. The Balaban J connectivity index is 1.25. The van der Waals surface area contributed by atoms with Crippen LogP contribution in [0.15, 0.2) is 30.3 Å². The number of amides is 1. The average Bonchev–Trinajstić information content (AvgIpc) is 3.38. The molecule has 31 heavy (non-hydrogen) atoms. The normalized spacial score (nSPS) is 19.5. The molecular formula is C24H25Cl2FN2O2. The Hall–Kier alpha value is -1.82. The van der Waals surface area contributed by atoms with E-state index in [1.165, 1.54) is 0 Å². The second kappa shape index (κ2) is 8.61. The molecule has 2 aromatic rings. The molecule has 0 bridgehead atoms. The van der Waals surface area contributed by atoms with Crippen LogP contribution in [-0.4, -0.2) is 48.0 Å². The Kier molecular flexibility index (Phi) is 5.84. The van der Waals surface area contributed by atoms with E-state index in [4.69, 9.17) is 27.9 Å². The lowest BCUT2D eigenvalue weighted by atomic mass is 9.97. The van der Waals surface area contributed by atoms with Gasteiger partial charge >= 0.3 is 0 Å². The summed E-state index contributed by atoms with van der Waals surface area (Å²) in [4.78, 5) is 16.8. The van der Waals surface area contributed by atoms with Crippen molar-refractivity contribution in [1.82, 2.24) is 9.80 Å². The molecule has 4 nitrogen and oxygen atoms in total. The van der Waals surface area contributed by atoms with Gasteiger partial charge in [0.15, 0.2) is 0 Å². The third-order valence-electron chi connectivity index (χ3n) is 6.33. The Morgan fingerprint density at radius 3 is 2.35 bits per heavy atom. The zero-order valence-electron chi connectivity index (χ0n) is 17.3. The number of benzene rings is 2. The Morgan fingerprint density at radius 1 is 1.03 bits per heavy atom. The maximum atomic E-state index is 14.9. The predicted octanol–water partition coefficient (Wildman–Crippen LogP) is 5.51. The van der Waals surface area contributed by atoms with E-state index in [0.717, 1.165) is 63.0 Å². The zero-order valence-corrected chi connectivity index (χ0v) is 18.8. The fourth-order valence-corrected chi connectivity index (χ4v) is 5.06. The molecule has 3 fully saturated rings. The molecule has 164 valence electrons. The molecule has 1 aliphatic carbocycles. The highest BCUT2D eigenvalue weighted by atomic mass is 35.5. The van der Waals surface area contributed by atoms with Gasteiger partial charge in [-0.25, -0.2) is 4.39 Å². The topological polar surface area (TPSA) is 32.8 Å². The van der Waals surface area contributed by atoms with E-state index in [9.17, 15) is 9.18 Å². The van der Waals surface area contributed by atoms with Gasteiger partial charge in [0.1, 0.15) is 17.7 Å². The molecule has 0 N–H and O–H groups in total. The van der Waals surface area contributed by atoms with Crippen LogP contribution < -0.4 is 4.74 Å². The lowest BCUT2D eigenvalue weighted by molar-refractivity contribution is 0.0144. The molecule has 2 heterocycles. The lowest BCUT2D eigenvalue weighted by Gasteiger charge is -2.39. The first-order valence-corrected chi connectivity index (χ1v) is 11.7. The van der Waals surface area contributed by atoms with Crippen molar-refractivity contribution in [2.24, 2.45) is 0 Å². The number of halogens is 3. The van der Waals surface area contributed by atoms with Crippen LogP contribution in [0.2, 0.25) is 10.0 Å². The number of hydrogen-bond acceptors (Lipinski definition) is 3. The van der Waals surface area contributed by atoms with Crippen LogP contribution in [0.1, 0.15) is 53.1 Å². The molecule has 0 radical (unpaired) electrons. The van der Waals surface area contributed by atoms with Crippen molar-refractivity contribution in [2.45, 2.75) is 44.2 Å². The minimum Gasteiger partial charge on any atom is -0.488 e. The molecule has 3 aliphatic rings. The number of nitrogens with zero attached hydrogens (tertiary/aromatic N) is 2. The third-order valence-corrected chi connectivity index (χ3v) is 6.76. The van der Waals surface area contributed by atoms with Gasteiger partial charge in [-0.15, -0.1) is 0 Å². The van der Waals surface area contributed by atoms with Crippen LogP contribution in [0.4, 0.5) is 4.39 Å². The summed E-state index contributed by atoms with van der Waals surface area (Å²) in [6, 6.07) is 8.60. The van der Waals surface area contributed by atoms with Crippen molar-refractivity contribution < 1.29 is 13.9 Å². The van der Waals surface area contributed by atoms with E-state index in [-0.39, 0.29) is 17.6 Å². The first kappa shape index (κ1) is 21.0. The molecule has 2 aliphatic heterocycles. The molecule has 1 saturated carbocycles. The van der Waals surface area contributed by atoms with E-state index < -0.39 is 5.82 Å². The van der Waals surface area contributed by atoms with E-state index in [2.05, 4.69) is 4.90 Å². The van der Waals surface area contributed by atoms with E-state index in [0.29, 0.717) is 28.3 Å². The quantitative estimate of drug-likeness (QED) is 0.567. The summed E-state index contributed by atoms with van der Waals surface area (Å²) in [6.45, 7) is 3.63. The van der Waals surface area contributed by atoms with Gasteiger partial charge in [-0.05, 0) is 73.1 Å². The largest absolute Gasteiger partial charge is 0.488 e. The van der Waals surface area contributed by atoms with Gasteiger partial charge < -0.3 is 9.64 Å². The van der Waals surface area contributed by atoms with Gasteiger partial charge in [0, 0.05) is 42.8 Å². The number of ether oxygens (including phenoxy) is 1. The summed E-state index contributed by atoms with van der Waals surface area (Å²) in [5, 5.41) is 1.10. The van der Waals surface area contributed by atoms with Gasteiger partial charge in [-0.1, -0.05) is 23.2 Å². The summed E-state index contributed by atoms with van der Waals surface area (Å²) in [5.74, 6) is 0.540. The smallest absolute Gasteiger partial charge is 0.256 e. The highest BCUT2D eigenvalue weighted by molar-refractivity contribution is 6.34. The van der Waals surface area contributed by atoms with Gasteiger partial charge in [-0.2, -0.15) is 0 Å². The van der Waals surface area contributed by atoms with Gasteiger partial charge in [0.25, 0.3) is 5.91 Å². The van der Waals surface area contributed by atoms with E-state index in [1.807, 2.05) is 6.07 Å². The lowest BCUT2D eigenvalue weighted by Crippen LogP contribution is -2.53. The molecule has 5 rings (SSSR count). The van der Waals surface area contributed by atoms with Crippen LogP contribution in [0, 0.1) is 5.82 Å². The molecule has 2 saturated heterocycles. The second-order valence-corrected chi connectivity index (χ2v) is 9.72. The maximum Gasteiger partial charge on any atom is 0.256 e. The molecule has 0 atom stereocenters. The van der Waals surface area contributed by atoms with Gasteiger partial charge in [0.05, 0.1) is 5.56 Å². The van der Waals surface area contributed by atoms with Gasteiger partial charge in [-0.3, -0.25) is 9.69 Å². The van der Waals surface area contributed by atoms with Crippen LogP contribution >= 0.6 is 23.2 Å². The summed E-state index contributed by atoms with van der Waals surface area (Å²) in [6.07, 6.45) is 4.27. The zero-order chi connectivity index (χ0) is 21.5. The SMILES string of the molecule is O=C(c1cc(C2CC2)c(CN2CC(Oc3cc(Cl)cc(Cl)c3)C2)cc1F)N1CCCC1. The Bertz CT molecular complexity index is 979. The minimum absolute atomic E-state index is 0.0553. The Morgan fingerprint density at radius 2 is 1.71 bits per heavy atom. The second-order valence-electron chi connectivity index (χ2n) is 8.84. The summed E-state index contributed by atoms with van der Waals surface area (Å²) < 4.78 is 20.9. The van der Waals surface area contributed by atoms with Crippen molar-refractivity contribution >= 4 is 29.1 Å². The highest BCUT2D eigenvalue weighted by Crippen LogP contribution is 2.43.